The molecule has 5 aromatic rings. The van der Waals surface area contributed by atoms with E-state index in [1.807, 2.05) is 60.7 Å². The minimum Gasteiger partial charge on any atom is -0.322 e. The molecule has 0 saturated heterocycles. The van der Waals surface area contributed by atoms with Crippen molar-refractivity contribution in [2.75, 3.05) is 10.6 Å². The summed E-state index contributed by atoms with van der Waals surface area (Å²) >= 11 is 0. The van der Waals surface area contributed by atoms with Gasteiger partial charge in [-0.25, -0.2) is 0 Å². The number of nitrogens with one attached hydrogen (secondary N) is 2. The first kappa shape index (κ1) is 19.1. The number of rotatable bonds is 4. The van der Waals surface area contributed by atoms with Gasteiger partial charge in [0.25, 0.3) is 11.8 Å². The van der Waals surface area contributed by atoms with Gasteiger partial charge in [-0.15, -0.1) is 8.19 Å². The van der Waals surface area contributed by atoms with Crippen molar-refractivity contribution in [3.05, 3.63) is 108 Å². The van der Waals surface area contributed by atoms with E-state index in [4.69, 9.17) is 0 Å². The van der Waals surface area contributed by atoms with Gasteiger partial charge in [-0.3, -0.25) is 9.59 Å². The maximum Gasteiger partial charge on any atom is 0.255 e. The molecule has 5 heteroatoms. The van der Waals surface area contributed by atoms with Gasteiger partial charge in [-0.2, -0.15) is 0 Å². The van der Waals surface area contributed by atoms with E-state index in [0.29, 0.717) is 19.3 Å². The lowest BCUT2D eigenvalue weighted by Crippen LogP contribution is -2.11. The third-order valence-corrected chi connectivity index (χ3v) is 6.55. The zero-order valence-electron chi connectivity index (χ0n) is 16.6. The number of fused-ring (bicyclic) bond motifs is 3. The van der Waals surface area contributed by atoms with Crippen LogP contribution in [0.1, 0.15) is 20.7 Å². The largest absolute Gasteiger partial charge is 0.322 e. The highest BCUT2D eigenvalue weighted by molar-refractivity contribution is 7.44. The predicted molar refractivity (Wildman–Crippen MR) is 130 cm³/mol. The molecule has 5 rings (SSSR count). The second-order valence-corrected chi connectivity index (χ2v) is 8.61. The lowest BCUT2D eigenvalue weighted by Gasteiger charge is -2.06. The summed E-state index contributed by atoms with van der Waals surface area (Å²) in [6.45, 7) is 0. The third-order valence-electron chi connectivity index (χ3n) is 5.19. The van der Waals surface area contributed by atoms with Crippen LogP contribution in [0.2, 0.25) is 0 Å². The second-order valence-electron chi connectivity index (χ2n) is 7.29. The van der Waals surface area contributed by atoms with Crippen LogP contribution in [-0.4, -0.2) is 11.8 Å². The Labute approximate surface area is 181 Å². The molecular weight excluding hydrogens is 403 g/mol. The van der Waals surface area contributed by atoms with E-state index >= 15 is 0 Å². The highest BCUT2D eigenvalue weighted by Crippen LogP contribution is 2.40. The zero-order chi connectivity index (χ0) is 21.2. The number of hydrogen-bond donors (Lipinski definition) is 2. The van der Waals surface area contributed by atoms with Crippen LogP contribution in [0.15, 0.2) is 97.1 Å². The summed E-state index contributed by atoms with van der Waals surface area (Å²) in [6, 6.07) is 30.4. The standard InChI is InChI=1S/C26H19N2O2P/c29-25(17-7-3-1-4-8-17)27-19-11-13-21-22-14-12-20(16-24(22)31-23(21)15-19)28-26(30)18-9-5-2-6-10-18/h1-16,31H,(H,27,29)(H,28,30). The maximum atomic E-state index is 12.4. The third kappa shape index (κ3) is 3.94. The summed E-state index contributed by atoms with van der Waals surface area (Å²) in [5, 5.41) is 10.7. The molecule has 4 nitrogen and oxygen atoms in total. The van der Waals surface area contributed by atoms with Crippen LogP contribution in [0, 0.1) is 0 Å². The molecule has 2 N–H and O–H groups in total. The summed E-state index contributed by atoms with van der Waals surface area (Å²) in [7, 11) is 0.467. The molecule has 0 radical (unpaired) electrons. The van der Waals surface area contributed by atoms with Crippen molar-refractivity contribution in [2.24, 2.45) is 0 Å². The SMILES string of the molecule is O=C(Nc1ccc2c(c1)[pH]c1cc(NC(=O)c3ccccc3)ccc12)c1ccccc1. The summed E-state index contributed by atoms with van der Waals surface area (Å²) in [4.78, 5) is 24.9. The zero-order valence-corrected chi connectivity index (χ0v) is 17.6. The van der Waals surface area contributed by atoms with Crippen molar-refractivity contribution in [2.45, 2.75) is 0 Å². The summed E-state index contributed by atoms with van der Waals surface area (Å²) in [6.07, 6.45) is 0. The lowest BCUT2D eigenvalue weighted by molar-refractivity contribution is 0.101. The number of amides is 2. The van der Waals surface area contributed by atoms with E-state index in [-0.39, 0.29) is 11.8 Å². The van der Waals surface area contributed by atoms with E-state index in [0.717, 1.165) is 11.4 Å². The normalized spacial score (nSPS) is 10.8. The lowest BCUT2D eigenvalue weighted by atomic mass is 10.1. The summed E-state index contributed by atoms with van der Waals surface area (Å²) in [5.41, 5.74) is 2.83. The van der Waals surface area contributed by atoms with Gasteiger partial charge < -0.3 is 10.6 Å². The van der Waals surface area contributed by atoms with Gasteiger partial charge in [-0.05, 0) is 59.3 Å². The van der Waals surface area contributed by atoms with E-state index < -0.39 is 0 Å². The number of carbonyl (C=O) groups excluding carboxylic acids is 2. The van der Waals surface area contributed by atoms with Crippen molar-refractivity contribution in [1.29, 1.82) is 0 Å². The first-order chi connectivity index (χ1) is 15.2. The topological polar surface area (TPSA) is 58.2 Å². The molecule has 0 aliphatic carbocycles. The van der Waals surface area contributed by atoms with Crippen LogP contribution in [0.5, 0.6) is 0 Å². The first-order valence-electron chi connectivity index (χ1n) is 9.96. The fraction of sp³-hybridized carbons (Fsp3) is 0. The molecule has 0 fully saturated rings. The smallest absolute Gasteiger partial charge is 0.255 e. The summed E-state index contributed by atoms with van der Waals surface area (Å²) in [5.74, 6) is -0.240. The Balaban J connectivity index is 1.41. The molecule has 0 spiro atoms. The van der Waals surface area contributed by atoms with Gasteiger partial charge in [0, 0.05) is 32.7 Å². The molecule has 4 aromatic carbocycles. The van der Waals surface area contributed by atoms with E-state index in [2.05, 4.69) is 22.8 Å². The van der Waals surface area contributed by atoms with Gasteiger partial charge in [0.15, 0.2) is 0 Å². The van der Waals surface area contributed by atoms with Gasteiger partial charge >= 0.3 is 0 Å². The van der Waals surface area contributed by atoms with Crippen molar-refractivity contribution < 1.29 is 9.59 Å². The van der Waals surface area contributed by atoms with Gasteiger partial charge in [-0.1, -0.05) is 48.5 Å². The number of carbonyl (C=O) groups is 2. The fourth-order valence-electron chi connectivity index (χ4n) is 3.65. The highest BCUT2D eigenvalue weighted by atomic mass is 31.0. The molecule has 31 heavy (non-hydrogen) atoms. The monoisotopic (exact) mass is 422 g/mol. The van der Waals surface area contributed by atoms with Crippen molar-refractivity contribution in [3.8, 4) is 0 Å². The predicted octanol–water partition coefficient (Wildman–Crippen LogP) is 6.53. The van der Waals surface area contributed by atoms with Crippen molar-refractivity contribution in [3.63, 3.8) is 0 Å². The van der Waals surface area contributed by atoms with E-state index in [1.54, 1.807) is 24.3 Å². The Morgan fingerprint density at radius 3 is 1.39 bits per heavy atom. The number of benzene rings is 4. The van der Waals surface area contributed by atoms with Crippen LogP contribution in [0.4, 0.5) is 11.4 Å². The van der Waals surface area contributed by atoms with Crippen LogP contribution < -0.4 is 10.6 Å². The fourth-order valence-corrected chi connectivity index (χ4v) is 5.10. The Morgan fingerprint density at radius 1 is 0.548 bits per heavy atom. The molecule has 1 aromatic heterocycles. The molecule has 2 amide bonds. The van der Waals surface area contributed by atoms with Gasteiger partial charge in [0.1, 0.15) is 0 Å². The molecule has 1 heterocycles. The first-order valence-corrected chi connectivity index (χ1v) is 11.0. The second kappa shape index (κ2) is 8.10. The quantitative estimate of drug-likeness (QED) is 0.346. The Kier molecular flexibility index (Phi) is 4.99. The minimum atomic E-state index is -0.120. The molecule has 150 valence electrons. The molecule has 0 bridgehead atoms. The average molecular weight is 422 g/mol. The maximum absolute atomic E-state index is 12.4. The molecule has 0 aliphatic heterocycles. The molecule has 0 saturated carbocycles. The average Bonchev–Trinajstić information content (AvgIpc) is 3.17. The van der Waals surface area contributed by atoms with Crippen molar-refractivity contribution in [1.82, 2.24) is 0 Å². The number of anilines is 2. The molecule has 0 unspecified atom stereocenters. The Hall–Kier alpha value is -3.88. The van der Waals surface area contributed by atoms with Crippen LogP contribution in [-0.2, 0) is 0 Å². The van der Waals surface area contributed by atoms with Crippen LogP contribution in [0.25, 0.3) is 21.0 Å². The van der Waals surface area contributed by atoms with E-state index in [1.165, 1.54) is 21.0 Å². The van der Waals surface area contributed by atoms with Gasteiger partial charge in [0.05, 0.1) is 0 Å². The van der Waals surface area contributed by atoms with Crippen molar-refractivity contribution >= 4 is 52.4 Å². The van der Waals surface area contributed by atoms with E-state index in [9.17, 15) is 9.59 Å². The highest BCUT2D eigenvalue weighted by Gasteiger charge is 2.10. The van der Waals surface area contributed by atoms with Crippen LogP contribution in [0.3, 0.4) is 0 Å². The molecular formula is C26H19N2O2P. The molecule has 0 aliphatic rings. The minimum absolute atomic E-state index is 0.120. The number of hydrogen-bond acceptors (Lipinski definition) is 2. The van der Waals surface area contributed by atoms with Crippen LogP contribution >= 0.6 is 8.19 Å². The summed E-state index contributed by atoms with van der Waals surface area (Å²) < 4.78 is 0. The Bertz CT molecular complexity index is 1300. The Morgan fingerprint density at radius 2 is 0.968 bits per heavy atom. The van der Waals surface area contributed by atoms with Gasteiger partial charge in [0.2, 0.25) is 0 Å². The molecule has 0 atom stereocenters.